The van der Waals surface area contributed by atoms with E-state index in [0.29, 0.717) is 12.0 Å². The van der Waals surface area contributed by atoms with Crippen LogP contribution in [0.1, 0.15) is 53.3 Å². The van der Waals surface area contributed by atoms with Gasteiger partial charge in [-0.25, -0.2) is 18.2 Å². The summed E-state index contributed by atoms with van der Waals surface area (Å²) >= 11 is 0. The summed E-state index contributed by atoms with van der Waals surface area (Å²) in [5.41, 5.74) is 6.81. The second kappa shape index (κ2) is 10.9. The van der Waals surface area contributed by atoms with Crippen molar-refractivity contribution >= 4 is 5.78 Å². The van der Waals surface area contributed by atoms with Crippen LogP contribution in [-0.2, 0) is 6.42 Å². The smallest absolute Gasteiger partial charge is 0.250 e. The topological polar surface area (TPSA) is 90.9 Å². The molecule has 6 nitrogen and oxygen atoms in total. The van der Waals surface area contributed by atoms with E-state index < -0.39 is 34.5 Å². The molecule has 200 valence electrons. The first-order valence-corrected chi connectivity index (χ1v) is 12.7. The van der Waals surface area contributed by atoms with Crippen LogP contribution in [0.25, 0.3) is 11.3 Å². The van der Waals surface area contributed by atoms with Gasteiger partial charge in [0, 0.05) is 37.1 Å². The number of pyridine rings is 3. The van der Waals surface area contributed by atoms with Gasteiger partial charge in [0.15, 0.2) is 5.78 Å². The minimum absolute atomic E-state index is 0.0284. The van der Waals surface area contributed by atoms with Crippen LogP contribution in [0.3, 0.4) is 0 Å². The van der Waals surface area contributed by atoms with Crippen LogP contribution in [0.4, 0.5) is 13.2 Å². The van der Waals surface area contributed by atoms with Gasteiger partial charge in [0.1, 0.15) is 28.8 Å². The number of Topliss-reactive ketones (excluding diaryl/α,β-unsaturated/α-hetero) is 1. The Morgan fingerprint density at radius 2 is 1.77 bits per heavy atom. The number of aromatic nitrogens is 3. The highest BCUT2D eigenvalue weighted by Crippen LogP contribution is 2.41. The van der Waals surface area contributed by atoms with Gasteiger partial charge in [-0.2, -0.15) is 0 Å². The molecule has 1 saturated carbocycles. The largest absolute Gasteiger partial charge is 0.326 e. The minimum Gasteiger partial charge on any atom is -0.326 e. The van der Waals surface area contributed by atoms with Crippen LogP contribution < -0.4 is 11.3 Å². The van der Waals surface area contributed by atoms with Crippen molar-refractivity contribution in [1.29, 1.82) is 0 Å². The van der Waals surface area contributed by atoms with Crippen molar-refractivity contribution in [3.8, 4) is 11.3 Å². The van der Waals surface area contributed by atoms with Crippen LogP contribution in [0, 0.1) is 23.4 Å². The predicted molar refractivity (Wildman–Crippen MR) is 141 cm³/mol. The number of carbonyl (C=O) groups is 1. The summed E-state index contributed by atoms with van der Waals surface area (Å²) < 4.78 is 44.8. The summed E-state index contributed by atoms with van der Waals surface area (Å²) in [7, 11) is 0. The van der Waals surface area contributed by atoms with Gasteiger partial charge in [-0.1, -0.05) is 19.1 Å². The van der Waals surface area contributed by atoms with Crippen molar-refractivity contribution < 1.29 is 18.0 Å². The van der Waals surface area contributed by atoms with Gasteiger partial charge >= 0.3 is 0 Å². The van der Waals surface area contributed by atoms with E-state index in [0.717, 1.165) is 30.2 Å². The van der Waals surface area contributed by atoms with Crippen LogP contribution in [-0.4, -0.2) is 26.4 Å². The molecule has 5 rings (SSSR count). The molecular formula is C30H27F3N4O2. The van der Waals surface area contributed by atoms with Gasteiger partial charge in [-0.3, -0.25) is 14.6 Å². The van der Waals surface area contributed by atoms with Gasteiger partial charge in [0.05, 0.1) is 11.6 Å². The normalized spacial score (nSPS) is 21.1. The third kappa shape index (κ3) is 5.27. The number of hydrogen-bond acceptors (Lipinski definition) is 5. The third-order valence-corrected chi connectivity index (χ3v) is 7.47. The summed E-state index contributed by atoms with van der Waals surface area (Å²) in [5.74, 6) is -3.20. The Kier molecular flexibility index (Phi) is 7.43. The van der Waals surface area contributed by atoms with E-state index in [1.807, 2.05) is 12.1 Å². The van der Waals surface area contributed by atoms with E-state index in [2.05, 4.69) is 16.9 Å². The summed E-state index contributed by atoms with van der Waals surface area (Å²) in [5, 5.41) is 0. The van der Waals surface area contributed by atoms with Gasteiger partial charge in [0.2, 0.25) is 0 Å². The second-order valence-electron chi connectivity index (χ2n) is 10.0. The van der Waals surface area contributed by atoms with E-state index in [9.17, 15) is 22.8 Å². The summed E-state index contributed by atoms with van der Waals surface area (Å²) in [6.07, 6.45) is 6.30. The molecule has 39 heavy (non-hydrogen) atoms. The molecule has 4 atom stereocenters. The van der Waals surface area contributed by atoms with Gasteiger partial charge in [0.25, 0.3) is 5.56 Å². The lowest BCUT2D eigenvalue weighted by atomic mass is 9.72. The highest BCUT2D eigenvalue weighted by molar-refractivity contribution is 5.96. The molecule has 0 saturated heterocycles. The molecule has 0 radical (unpaired) electrons. The maximum absolute atomic E-state index is 14.5. The fourth-order valence-corrected chi connectivity index (χ4v) is 5.74. The predicted octanol–water partition coefficient (Wildman–Crippen LogP) is 5.23. The molecule has 1 aromatic carbocycles. The van der Waals surface area contributed by atoms with E-state index in [4.69, 9.17) is 5.73 Å². The molecule has 2 N–H and O–H groups in total. The molecule has 0 bridgehead atoms. The zero-order valence-corrected chi connectivity index (χ0v) is 21.2. The molecule has 1 fully saturated rings. The Labute approximate surface area is 223 Å². The van der Waals surface area contributed by atoms with Crippen molar-refractivity contribution in [1.82, 2.24) is 14.5 Å². The molecule has 1 aliphatic carbocycles. The number of nitrogens with two attached hydrogens (primary N) is 1. The zero-order valence-electron chi connectivity index (χ0n) is 21.2. The second-order valence-corrected chi connectivity index (χ2v) is 10.0. The average molecular weight is 533 g/mol. The van der Waals surface area contributed by atoms with Crippen LogP contribution >= 0.6 is 0 Å². The SMILES string of the molecule is C[C@H]1C[C@@H](c2ccncc2CC(=O)c2ccc(F)c(-c3c(F)cccc3F)n2)C[C@@H](N)[C@H]1n1ccccc1=O. The quantitative estimate of drug-likeness (QED) is 0.344. The van der Waals surface area contributed by atoms with Gasteiger partial charge < -0.3 is 10.3 Å². The van der Waals surface area contributed by atoms with E-state index in [1.54, 1.807) is 29.2 Å². The molecule has 1 aliphatic rings. The molecule has 0 spiro atoms. The number of benzene rings is 1. The lowest BCUT2D eigenvalue weighted by Gasteiger charge is -2.40. The van der Waals surface area contributed by atoms with Crippen molar-refractivity contribution in [2.45, 2.75) is 44.2 Å². The minimum atomic E-state index is -0.973. The Morgan fingerprint density at radius 1 is 1.00 bits per heavy atom. The first kappa shape index (κ1) is 26.5. The number of ketones is 1. The molecule has 4 aromatic rings. The molecule has 3 aromatic heterocycles. The standard InChI is InChI=1S/C30H27F3N4O2/c1-17-13-18(14-24(34)30(17)37-12-3-2-7-27(37)39)20-10-11-35-16-19(20)15-26(38)25-9-8-23(33)29(36-25)28-21(31)5-4-6-22(28)32/h2-12,16-18,24,30H,13-15,34H2,1H3/t17-,18+,24+,30-/m0/s1. The number of carbonyl (C=O) groups excluding carboxylic acids is 1. The van der Waals surface area contributed by atoms with Crippen LogP contribution in [0.5, 0.6) is 0 Å². The van der Waals surface area contributed by atoms with Gasteiger partial charge in [-0.15, -0.1) is 0 Å². The number of halogens is 3. The van der Waals surface area contributed by atoms with E-state index in [1.165, 1.54) is 18.2 Å². The fourth-order valence-electron chi connectivity index (χ4n) is 5.74. The summed E-state index contributed by atoms with van der Waals surface area (Å²) in [6.45, 7) is 2.06. The molecule has 0 aliphatic heterocycles. The first-order valence-electron chi connectivity index (χ1n) is 12.7. The molecular weight excluding hydrogens is 505 g/mol. The van der Waals surface area contributed by atoms with Crippen molar-refractivity contribution in [3.05, 3.63) is 118 Å². The monoisotopic (exact) mass is 532 g/mol. The molecule has 0 unspecified atom stereocenters. The Morgan fingerprint density at radius 3 is 2.49 bits per heavy atom. The zero-order chi connectivity index (χ0) is 27.7. The van der Waals surface area contributed by atoms with Crippen LogP contribution in [0.2, 0.25) is 0 Å². The fraction of sp³-hybridized carbons (Fsp3) is 0.267. The number of nitrogens with zero attached hydrogens (tertiary/aromatic N) is 3. The lowest BCUT2D eigenvalue weighted by molar-refractivity contribution is 0.0987. The van der Waals surface area contributed by atoms with E-state index >= 15 is 0 Å². The summed E-state index contributed by atoms with van der Waals surface area (Å²) in [6, 6.07) is 11.8. The Hall–Kier alpha value is -4.11. The maximum Gasteiger partial charge on any atom is 0.250 e. The number of hydrogen-bond donors (Lipinski definition) is 1. The summed E-state index contributed by atoms with van der Waals surface area (Å²) in [4.78, 5) is 33.9. The molecule has 0 amide bonds. The van der Waals surface area contributed by atoms with Crippen molar-refractivity contribution in [2.75, 3.05) is 0 Å². The Balaban J connectivity index is 1.40. The third-order valence-electron chi connectivity index (χ3n) is 7.47. The van der Waals surface area contributed by atoms with Crippen molar-refractivity contribution in [2.24, 2.45) is 11.7 Å². The van der Waals surface area contributed by atoms with Crippen molar-refractivity contribution in [3.63, 3.8) is 0 Å². The molecule has 9 heteroatoms. The maximum atomic E-state index is 14.5. The highest BCUT2D eigenvalue weighted by atomic mass is 19.1. The lowest BCUT2D eigenvalue weighted by Crippen LogP contribution is -2.45. The van der Waals surface area contributed by atoms with E-state index in [-0.39, 0.29) is 41.6 Å². The Bertz CT molecular complexity index is 1560. The van der Waals surface area contributed by atoms with Gasteiger partial charge in [-0.05, 0) is 72.2 Å². The van der Waals surface area contributed by atoms with Crippen LogP contribution in [0.15, 0.2) is 78.0 Å². The average Bonchev–Trinajstić information content (AvgIpc) is 2.90. The number of rotatable bonds is 6. The molecule has 3 heterocycles. The first-order chi connectivity index (χ1) is 18.7. The highest BCUT2D eigenvalue weighted by Gasteiger charge is 2.36.